The molecule has 1 aliphatic carbocycles. The minimum atomic E-state index is -0.538. The molecule has 0 spiro atoms. The van der Waals surface area contributed by atoms with Crippen molar-refractivity contribution in [2.24, 2.45) is 0 Å². The fourth-order valence-corrected chi connectivity index (χ4v) is 4.01. The van der Waals surface area contributed by atoms with E-state index in [9.17, 15) is 4.79 Å². The highest BCUT2D eigenvalue weighted by Gasteiger charge is 2.32. The van der Waals surface area contributed by atoms with Crippen LogP contribution in [0.25, 0.3) is 0 Å². The van der Waals surface area contributed by atoms with Gasteiger partial charge in [0.15, 0.2) is 5.82 Å². The van der Waals surface area contributed by atoms with Gasteiger partial charge in [0.25, 0.3) is 0 Å². The first-order valence-electron chi connectivity index (χ1n) is 9.62. The van der Waals surface area contributed by atoms with Gasteiger partial charge in [-0.2, -0.15) is 0 Å². The van der Waals surface area contributed by atoms with Crippen molar-refractivity contribution in [1.82, 2.24) is 14.9 Å². The number of amides is 1. The zero-order valence-electron chi connectivity index (χ0n) is 16.1. The van der Waals surface area contributed by atoms with E-state index in [0.29, 0.717) is 29.1 Å². The molecular weight excluding hydrogens is 386 g/mol. The SMILES string of the molecule is CCOc1ccccc1NC(=O)C(Sc1nnc(C2CC2)n1N)c1ccccc1. The number of nitrogens with one attached hydrogen (secondary N) is 1. The maximum Gasteiger partial charge on any atom is 0.242 e. The number of nitrogens with two attached hydrogens (primary N) is 1. The third-order valence-electron chi connectivity index (χ3n) is 4.64. The molecule has 1 unspecified atom stereocenters. The lowest BCUT2D eigenvalue weighted by Crippen LogP contribution is -2.21. The molecule has 0 aliphatic heterocycles. The summed E-state index contributed by atoms with van der Waals surface area (Å²) in [6, 6.07) is 17.0. The molecule has 1 saturated carbocycles. The van der Waals surface area contributed by atoms with E-state index in [0.717, 1.165) is 24.2 Å². The van der Waals surface area contributed by atoms with Crippen LogP contribution >= 0.6 is 11.8 Å². The van der Waals surface area contributed by atoms with Gasteiger partial charge in [0.1, 0.15) is 11.0 Å². The summed E-state index contributed by atoms with van der Waals surface area (Å²) in [7, 11) is 0. The Balaban J connectivity index is 1.60. The highest BCUT2D eigenvalue weighted by Crippen LogP contribution is 2.41. The number of para-hydroxylation sites is 2. The van der Waals surface area contributed by atoms with Gasteiger partial charge in [-0.25, -0.2) is 4.68 Å². The molecule has 0 radical (unpaired) electrons. The Bertz CT molecular complexity index is 988. The molecule has 2 aromatic carbocycles. The number of nitrogen functional groups attached to an aromatic ring is 1. The first kappa shape index (κ1) is 19.3. The fraction of sp³-hybridized carbons (Fsp3) is 0.286. The third-order valence-corrected chi connectivity index (χ3v) is 5.85. The van der Waals surface area contributed by atoms with E-state index >= 15 is 0 Å². The number of hydrogen-bond donors (Lipinski definition) is 2. The lowest BCUT2D eigenvalue weighted by Gasteiger charge is -2.18. The van der Waals surface area contributed by atoms with Gasteiger partial charge < -0.3 is 15.9 Å². The molecule has 0 bridgehead atoms. The van der Waals surface area contributed by atoms with Crippen molar-refractivity contribution < 1.29 is 9.53 Å². The van der Waals surface area contributed by atoms with Crippen molar-refractivity contribution >= 4 is 23.4 Å². The number of benzene rings is 2. The van der Waals surface area contributed by atoms with Crippen LogP contribution in [0.2, 0.25) is 0 Å². The van der Waals surface area contributed by atoms with E-state index in [2.05, 4.69) is 15.5 Å². The van der Waals surface area contributed by atoms with Crippen LogP contribution < -0.4 is 15.9 Å². The number of anilines is 1. The smallest absolute Gasteiger partial charge is 0.242 e. The number of ether oxygens (including phenoxy) is 1. The lowest BCUT2D eigenvalue weighted by atomic mass is 10.1. The maximum atomic E-state index is 13.3. The molecule has 0 saturated heterocycles. The van der Waals surface area contributed by atoms with Gasteiger partial charge in [0, 0.05) is 5.92 Å². The van der Waals surface area contributed by atoms with Crippen molar-refractivity contribution in [2.75, 3.05) is 17.8 Å². The van der Waals surface area contributed by atoms with Gasteiger partial charge in [-0.05, 0) is 37.5 Å². The molecule has 1 aromatic heterocycles. The summed E-state index contributed by atoms with van der Waals surface area (Å²) in [5, 5.41) is 11.4. The van der Waals surface area contributed by atoms with E-state index in [4.69, 9.17) is 10.6 Å². The van der Waals surface area contributed by atoms with Crippen molar-refractivity contribution in [1.29, 1.82) is 0 Å². The predicted molar refractivity (Wildman–Crippen MR) is 113 cm³/mol. The van der Waals surface area contributed by atoms with Gasteiger partial charge in [-0.3, -0.25) is 4.79 Å². The second-order valence-corrected chi connectivity index (χ2v) is 7.88. The monoisotopic (exact) mass is 409 g/mol. The molecule has 1 heterocycles. The van der Waals surface area contributed by atoms with Crippen LogP contribution in [-0.2, 0) is 4.79 Å². The molecule has 4 rings (SSSR count). The Morgan fingerprint density at radius 2 is 1.93 bits per heavy atom. The lowest BCUT2D eigenvalue weighted by molar-refractivity contribution is -0.115. The average Bonchev–Trinajstić information content (AvgIpc) is 3.52. The van der Waals surface area contributed by atoms with Gasteiger partial charge in [0.2, 0.25) is 11.1 Å². The van der Waals surface area contributed by atoms with E-state index < -0.39 is 5.25 Å². The Morgan fingerprint density at radius 3 is 2.66 bits per heavy atom. The van der Waals surface area contributed by atoms with E-state index in [-0.39, 0.29) is 5.91 Å². The number of rotatable bonds is 8. The standard InChI is InChI=1S/C21H23N5O2S/c1-2-28-17-11-7-6-10-16(17)23-20(27)18(14-8-4-3-5-9-14)29-21-25-24-19(26(21)22)15-12-13-15/h3-11,15,18H,2,12-13,22H2,1H3,(H,23,27). The Morgan fingerprint density at radius 1 is 1.21 bits per heavy atom. The minimum Gasteiger partial charge on any atom is -0.492 e. The molecule has 1 atom stereocenters. The first-order valence-corrected chi connectivity index (χ1v) is 10.5. The summed E-state index contributed by atoms with van der Waals surface area (Å²) in [5.74, 6) is 7.82. The number of nitrogens with zero attached hydrogens (tertiary/aromatic N) is 3. The highest BCUT2D eigenvalue weighted by molar-refractivity contribution is 8.00. The molecule has 29 heavy (non-hydrogen) atoms. The maximum absolute atomic E-state index is 13.3. The van der Waals surface area contributed by atoms with Crippen LogP contribution in [0.5, 0.6) is 5.75 Å². The second kappa shape index (κ2) is 8.57. The second-order valence-electron chi connectivity index (χ2n) is 6.81. The number of thioether (sulfide) groups is 1. The summed E-state index contributed by atoms with van der Waals surface area (Å²) in [6.45, 7) is 2.43. The average molecular weight is 410 g/mol. The number of aromatic nitrogens is 3. The van der Waals surface area contributed by atoms with Crippen molar-refractivity contribution in [3.05, 3.63) is 66.0 Å². The van der Waals surface area contributed by atoms with Crippen molar-refractivity contribution in [3.8, 4) is 5.75 Å². The molecule has 1 aliphatic rings. The van der Waals surface area contributed by atoms with Crippen LogP contribution in [0.1, 0.15) is 42.3 Å². The highest BCUT2D eigenvalue weighted by atomic mass is 32.2. The van der Waals surface area contributed by atoms with Gasteiger partial charge in [0.05, 0.1) is 12.3 Å². The van der Waals surface area contributed by atoms with E-state index in [1.807, 2.05) is 61.5 Å². The summed E-state index contributed by atoms with van der Waals surface area (Å²) in [4.78, 5) is 13.3. The van der Waals surface area contributed by atoms with Crippen LogP contribution in [0.3, 0.4) is 0 Å². The van der Waals surface area contributed by atoms with Crippen LogP contribution in [-0.4, -0.2) is 27.4 Å². The molecule has 1 amide bonds. The van der Waals surface area contributed by atoms with Gasteiger partial charge in [-0.1, -0.05) is 54.2 Å². The van der Waals surface area contributed by atoms with Crippen molar-refractivity contribution in [2.45, 2.75) is 36.1 Å². The Kier molecular flexibility index (Phi) is 5.71. The molecule has 3 N–H and O–H groups in total. The Labute approximate surface area is 173 Å². The summed E-state index contributed by atoms with van der Waals surface area (Å²) >= 11 is 1.29. The minimum absolute atomic E-state index is 0.177. The largest absolute Gasteiger partial charge is 0.492 e. The zero-order valence-corrected chi connectivity index (χ0v) is 16.9. The molecule has 150 valence electrons. The summed E-state index contributed by atoms with van der Waals surface area (Å²) in [5.41, 5.74) is 1.49. The van der Waals surface area contributed by atoms with Crippen LogP contribution in [0.4, 0.5) is 5.69 Å². The molecule has 8 heteroatoms. The normalized spacial score (nSPS) is 14.4. The first-order chi connectivity index (χ1) is 14.2. The van der Waals surface area contributed by atoms with Gasteiger partial charge >= 0.3 is 0 Å². The third kappa shape index (κ3) is 4.37. The predicted octanol–water partition coefficient (Wildman–Crippen LogP) is 3.74. The fourth-order valence-electron chi connectivity index (χ4n) is 3.04. The number of carbonyl (C=O) groups is 1. The summed E-state index contributed by atoms with van der Waals surface area (Å²) in [6.07, 6.45) is 2.16. The van der Waals surface area contributed by atoms with E-state index in [1.165, 1.54) is 16.4 Å². The number of carbonyl (C=O) groups excluding carboxylic acids is 1. The van der Waals surface area contributed by atoms with Gasteiger partial charge in [-0.15, -0.1) is 10.2 Å². The molecule has 3 aromatic rings. The van der Waals surface area contributed by atoms with Crippen LogP contribution in [0, 0.1) is 0 Å². The van der Waals surface area contributed by atoms with Crippen molar-refractivity contribution in [3.63, 3.8) is 0 Å². The summed E-state index contributed by atoms with van der Waals surface area (Å²) < 4.78 is 7.14. The number of hydrogen-bond acceptors (Lipinski definition) is 6. The van der Waals surface area contributed by atoms with E-state index in [1.54, 1.807) is 0 Å². The molecular formula is C21H23N5O2S. The topological polar surface area (TPSA) is 95.1 Å². The zero-order chi connectivity index (χ0) is 20.2. The Hall–Kier alpha value is -3.00. The quantitative estimate of drug-likeness (QED) is 0.435. The molecule has 1 fully saturated rings. The van der Waals surface area contributed by atoms with Crippen LogP contribution in [0.15, 0.2) is 59.8 Å². The molecule has 7 nitrogen and oxygen atoms in total.